The van der Waals surface area contributed by atoms with Crippen molar-refractivity contribution >= 4 is 5.91 Å². The van der Waals surface area contributed by atoms with Crippen LogP contribution in [0.4, 0.5) is 0 Å². The van der Waals surface area contributed by atoms with E-state index >= 15 is 0 Å². The summed E-state index contributed by atoms with van der Waals surface area (Å²) in [4.78, 5) is 19.0. The summed E-state index contributed by atoms with van der Waals surface area (Å²) in [5, 5.41) is 0. The molecule has 0 saturated carbocycles. The summed E-state index contributed by atoms with van der Waals surface area (Å²) < 4.78 is 7.94. The van der Waals surface area contributed by atoms with E-state index in [9.17, 15) is 4.79 Å². The number of likely N-dealkylation sites (N-methyl/N-ethyl adjacent to an activating group) is 1. The van der Waals surface area contributed by atoms with Crippen molar-refractivity contribution in [2.45, 2.75) is 19.1 Å². The average Bonchev–Trinajstić information content (AvgIpc) is 3.21. The van der Waals surface area contributed by atoms with E-state index in [1.54, 1.807) is 17.4 Å². The van der Waals surface area contributed by atoms with E-state index in [1.165, 1.54) is 11.1 Å². The van der Waals surface area contributed by atoms with Gasteiger partial charge in [-0.1, -0.05) is 42.5 Å². The summed E-state index contributed by atoms with van der Waals surface area (Å²) in [7, 11) is 1.84. The van der Waals surface area contributed by atoms with E-state index in [2.05, 4.69) is 23.2 Å². The maximum absolute atomic E-state index is 13.1. The van der Waals surface area contributed by atoms with Crippen molar-refractivity contribution in [1.29, 1.82) is 0 Å². The van der Waals surface area contributed by atoms with E-state index in [1.807, 2.05) is 48.1 Å². The molecule has 1 aliphatic rings. The fourth-order valence-electron chi connectivity index (χ4n) is 3.61. The van der Waals surface area contributed by atoms with E-state index < -0.39 is 0 Å². The second-order valence-electron chi connectivity index (χ2n) is 6.89. The van der Waals surface area contributed by atoms with Crippen molar-refractivity contribution < 1.29 is 9.53 Å². The molecule has 138 valence electrons. The molecule has 1 amide bonds. The number of carbonyl (C=O) groups is 1. The molecular formula is C22H23N3O2. The largest absolute Gasteiger partial charge is 0.371 e. The molecule has 1 atom stereocenters. The molecule has 0 spiro atoms. The number of carbonyl (C=O) groups excluding carboxylic acids is 1. The maximum atomic E-state index is 13.1. The van der Waals surface area contributed by atoms with Gasteiger partial charge in [0.1, 0.15) is 6.10 Å². The van der Waals surface area contributed by atoms with Crippen LogP contribution >= 0.6 is 0 Å². The van der Waals surface area contributed by atoms with Crippen LogP contribution in [-0.4, -0.2) is 40.6 Å². The molecule has 0 fully saturated rings. The van der Waals surface area contributed by atoms with Gasteiger partial charge >= 0.3 is 0 Å². The summed E-state index contributed by atoms with van der Waals surface area (Å²) in [6.45, 7) is 1.86. The number of nitrogens with zero attached hydrogens (tertiary/aromatic N) is 3. The first-order valence-electron chi connectivity index (χ1n) is 9.21. The van der Waals surface area contributed by atoms with Gasteiger partial charge in [0.2, 0.25) is 0 Å². The highest BCUT2D eigenvalue weighted by molar-refractivity contribution is 5.95. The van der Waals surface area contributed by atoms with E-state index in [0.717, 1.165) is 17.5 Å². The number of hydrogen-bond acceptors (Lipinski definition) is 3. The number of hydrogen-bond donors (Lipinski definition) is 0. The van der Waals surface area contributed by atoms with Crippen molar-refractivity contribution in [3.05, 3.63) is 89.5 Å². The lowest BCUT2D eigenvalue weighted by Gasteiger charge is -2.30. The van der Waals surface area contributed by atoms with Gasteiger partial charge in [0.15, 0.2) is 0 Å². The van der Waals surface area contributed by atoms with Crippen molar-refractivity contribution in [2.75, 3.05) is 20.2 Å². The molecule has 5 heteroatoms. The molecule has 5 nitrogen and oxygen atoms in total. The number of imidazole rings is 1. The molecule has 27 heavy (non-hydrogen) atoms. The normalized spacial score (nSPS) is 16.0. The summed E-state index contributed by atoms with van der Waals surface area (Å²) in [6, 6.07) is 16.1. The fourth-order valence-corrected chi connectivity index (χ4v) is 3.61. The molecule has 0 bridgehead atoms. The minimum atomic E-state index is -0.0790. The summed E-state index contributed by atoms with van der Waals surface area (Å²) in [5.74, 6) is 0.0115. The van der Waals surface area contributed by atoms with Crippen molar-refractivity contribution in [2.24, 2.45) is 0 Å². The summed E-state index contributed by atoms with van der Waals surface area (Å²) in [5.41, 5.74) is 4.21. The van der Waals surface area contributed by atoms with Crippen molar-refractivity contribution in [3.63, 3.8) is 0 Å². The topological polar surface area (TPSA) is 47.4 Å². The third-order valence-corrected chi connectivity index (χ3v) is 5.04. The first-order valence-corrected chi connectivity index (χ1v) is 9.21. The second-order valence-corrected chi connectivity index (χ2v) is 6.89. The van der Waals surface area contributed by atoms with Crippen LogP contribution in [0.25, 0.3) is 0 Å². The van der Waals surface area contributed by atoms with Crippen molar-refractivity contribution in [3.8, 4) is 0 Å². The lowest BCUT2D eigenvalue weighted by Crippen LogP contribution is -2.34. The first-order chi connectivity index (χ1) is 13.2. The second kappa shape index (κ2) is 7.76. The molecule has 0 aliphatic carbocycles. The van der Waals surface area contributed by atoms with Gasteiger partial charge in [-0.2, -0.15) is 0 Å². The van der Waals surface area contributed by atoms with Gasteiger partial charge in [-0.05, 0) is 29.2 Å². The van der Waals surface area contributed by atoms with Crippen LogP contribution in [0.3, 0.4) is 0 Å². The molecule has 2 aromatic carbocycles. The molecule has 0 radical (unpaired) electrons. The monoisotopic (exact) mass is 361 g/mol. The van der Waals surface area contributed by atoms with E-state index in [-0.39, 0.29) is 12.0 Å². The molecule has 0 saturated heterocycles. The minimum absolute atomic E-state index is 0.0115. The van der Waals surface area contributed by atoms with Gasteiger partial charge in [-0.25, -0.2) is 4.98 Å². The Hall–Kier alpha value is -2.92. The Labute approximate surface area is 159 Å². The highest BCUT2D eigenvalue weighted by Crippen LogP contribution is 2.28. The van der Waals surface area contributed by atoms with Gasteiger partial charge in [-0.3, -0.25) is 4.79 Å². The molecule has 2 heterocycles. The van der Waals surface area contributed by atoms with Crippen LogP contribution in [0.15, 0.2) is 67.3 Å². The van der Waals surface area contributed by atoms with Crippen LogP contribution in [0.5, 0.6) is 0 Å². The third-order valence-electron chi connectivity index (χ3n) is 5.04. The molecular weight excluding hydrogens is 338 g/mol. The first kappa shape index (κ1) is 17.5. The Balaban J connectivity index is 1.52. The smallest absolute Gasteiger partial charge is 0.254 e. The summed E-state index contributed by atoms with van der Waals surface area (Å²) >= 11 is 0. The van der Waals surface area contributed by atoms with E-state index in [0.29, 0.717) is 19.7 Å². The predicted octanol–water partition coefficient (Wildman–Crippen LogP) is 3.32. The van der Waals surface area contributed by atoms with Gasteiger partial charge in [0.05, 0.1) is 19.5 Å². The number of benzene rings is 2. The highest BCUT2D eigenvalue weighted by Gasteiger charge is 2.24. The van der Waals surface area contributed by atoms with Crippen LogP contribution in [0, 0.1) is 0 Å². The minimum Gasteiger partial charge on any atom is -0.371 e. The van der Waals surface area contributed by atoms with Gasteiger partial charge in [0.25, 0.3) is 5.91 Å². The van der Waals surface area contributed by atoms with Gasteiger partial charge < -0.3 is 14.2 Å². The zero-order chi connectivity index (χ0) is 18.6. The van der Waals surface area contributed by atoms with Gasteiger partial charge in [0, 0.05) is 31.5 Å². The number of aromatic nitrogens is 2. The van der Waals surface area contributed by atoms with Crippen LogP contribution in [-0.2, 0) is 17.7 Å². The Bertz CT molecular complexity index is 921. The molecule has 0 N–H and O–H groups in total. The lowest BCUT2D eigenvalue weighted by atomic mass is 9.97. The van der Waals surface area contributed by atoms with Gasteiger partial charge in [-0.15, -0.1) is 0 Å². The van der Waals surface area contributed by atoms with Crippen LogP contribution in [0.2, 0.25) is 0 Å². The predicted molar refractivity (Wildman–Crippen MR) is 104 cm³/mol. The standard InChI is InChI=1S/C22H23N3O2/c1-24(15-21-19-8-4-2-6-17(19)10-13-27-21)22(26)20-9-5-3-7-18(20)14-25-12-11-23-16-25/h2-9,11-12,16,21H,10,13-15H2,1H3. The number of amides is 1. The number of fused-ring (bicyclic) bond motifs is 1. The number of ether oxygens (including phenoxy) is 1. The average molecular weight is 361 g/mol. The molecule has 1 aliphatic heterocycles. The Morgan fingerprint density at radius 3 is 2.89 bits per heavy atom. The molecule has 4 rings (SSSR count). The number of rotatable bonds is 5. The zero-order valence-electron chi connectivity index (χ0n) is 15.4. The van der Waals surface area contributed by atoms with Crippen molar-refractivity contribution in [1.82, 2.24) is 14.5 Å². The quantitative estimate of drug-likeness (QED) is 0.700. The van der Waals surface area contributed by atoms with Crippen LogP contribution in [0.1, 0.15) is 33.2 Å². The maximum Gasteiger partial charge on any atom is 0.254 e. The molecule has 1 unspecified atom stereocenters. The summed E-state index contributed by atoms with van der Waals surface area (Å²) in [6.07, 6.45) is 6.26. The highest BCUT2D eigenvalue weighted by atomic mass is 16.5. The molecule has 1 aromatic heterocycles. The fraction of sp³-hybridized carbons (Fsp3) is 0.273. The Morgan fingerprint density at radius 2 is 2.04 bits per heavy atom. The Morgan fingerprint density at radius 1 is 1.22 bits per heavy atom. The van der Waals surface area contributed by atoms with E-state index in [4.69, 9.17) is 4.74 Å². The Kier molecular flexibility index (Phi) is 5.03. The molecule has 3 aromatic rings. The zero-order valence-corrected chi connectivity index (χ0v) is 15.4. The van der Waals surface area contributed by atoms with Crippen LogP contribution < -0.4 is 0 Å². The lowest BCUT2D eigenvalue weighted by molar-refractivity contribution is 0.0200. The third kappa shape index (κ3) is 3.78. The SMILES string of the molecule is CN(CC1OCCc2ccccc21)C(=O)c1ccccc1Cn1ccnc1.